The minimum atomic E-state index is -4.13. The number of para-hydroxylation sites is 1. The summed E-state index contributed by atoms with van der Waals surface area (Å²) in [4.78, 5) is 27.9. The van der Waals surface area contributed by atoms with Crippen LogP contribution in [0.3, 0.4) is 0 Å². The molecule has 3 aromatic carbocycles. The first-order valence-electron chi connectivity index (χ1n) is 11.7. The number of likely N-dealkylation sites (N-methyl/N-ethyl adjacent to an activating group) is 1. The summed E-state index contributed by atoms with van der Waals surface area (Å²) in [6.07, 6.45) is 0.884. The lowest BCUT2D eigenvalue weighted by Crippen LogP contribution is -2.52. The van der Waals surface area contributed by atoms with Gasteiger partial charge >= 0.3 is 0 Å². The highest BCUT2D eigenvalue weighted by Gasteiger charge is 2.33. The molecule has 9 heteroatoms. The Morgan fingerprint density at radius 2 is 1.50 bits per heavy atom. The lowest BCUT2D eigenvalue weighted by molar-refractivity contribution is -0.139. The Balaban J connectivity index is 2.00. The van der Waals surface area contributed by atoms with Crippen molar-refractivity contribution >= 4 is 39.1 Å². The second kappa shape index (κ2) is 12.6. The van der Waals surface area contributed by atoms with E-state index in [9.17, 15) is 18.0 Å². The monoisotopic (exact) mass is 527 g/mol. The first-order chi connectivity index (χ1) is 17.3. The fourth-order valence-corrected chi connectivity index (χ4v) is 5.69. The average Bonchev–Trinajstić information content (AvgIpc) is 2.90. The van der Waals surface area contributed by atoms with Gasteiger partial charge in [0.05, 0.1) is 15.6 Å². The van der Waals surface area contributed by atoms with Crippen LogP contribution in [0.1, 0.15) is 18.9 Å². The molecule has 7 nitrogen and oxygen atoms in total. The number of nitrogens with one attached hydrogen (secondary N) is 1. The van der Waals surface area contributed by atoms with Gasteiger partial charge in [0.15, 0.2) is 0 Å². The van der Waals surface area contributed by atoms with E-state index in [4.69, 9.17) is 11.6 Å². The fourth-order valence-electron chi connectivity index (χ4n) is 3.95. The van der Waals surface area contributed by atoms with Crippen LogP contribution in [0.4, 0.5) is 5.69 Å². The van der Waals surface area contributed by atoms with Gasteiger partial charge in [0.1, 0.15) is 12.6 Å². The molecule has 1 N–H and O–H groups in total. The fraction of sp³-hybridized carbons (Fsp3) is 0.259. The summed E-state index contributed by atoms with van der Waals surface area (Å²) in [6, 6.07) is 23.2. The van der Waals surface area contributed by atoms with Crippen molar-refractivity contribution in [2.45, 2.75) is 30.7 Å². The van der Waals surface area contributed by atoms with Crippen LogP contribution < -0.4 is 9.62 Å². The molecule has 0 bridgehead atoms. The van der Waals surface area contributed by atoms with Crippen molar-refractivity contribution in [3.8, 4) is 0 Å². The maximum Gasteiger partial charge on any atom is 0.264 e. The van der Waals surface area contributed by atoms with Crippen LogP contribution in [0, 0.1) is 0 Å². The molecule has 0 heterocycles. The average molecular weight is 528 g/mol. The Morgan fingerprint density at radius 3 is 2.08 bits per heavy atom. The van der Waals surface area contributed by atoms with E-state index < -0.39 is 28.5 Å². The van der Waals surface area contributed by atoms with Gasteiger partial charge in [0.25, 0.3) is 10.0 Å². The van der Waals surface area contributed by atoms with Crippen molar-refractivity contribution in [1.82, 2.24) is 10.2 Å². The SMILES string of the molecule is CCC(C(=O)NC)N(CCc1ccccc1)C(=O)CN(c1ccccc1Cl)S(=O)(=O)c1ccccc1. The molecule has 3 rings (SSSR count). The van der Waals surface area contributed by atoms with Crippen LogP contribution in [0.2, 0.25) is 5.02 Å². The van der Waals surface area contributed by atoms with Crippen molar-refractivity contribution in [3.63, 3.8) is 0 Å². The molecular weight excluding hydrogens is 498 g/mol. The van der Waals surface area contributed by atoms with Crippen LogP contribution in [0.5, 0.6) is 0 Å². The lowest BCUT2D eigenvalue weighted by atomic mass is 10.1. The first kappa shape index (κ1) is 27.2. The van der Waals surface area contributed by atoms with Crippen molar-refractivity contribution in [3.05, 3.63) is 95.5 Å². The number of anilines is 1. The third-order valence-electron chi connectivity index (χ3n) is 5.85. The normalized spacial score (nSPS) is 12.0. The molecule has 36 heavy (non-hydrogen) atoms. The molecule has 0 fully saturated rings. The third kappa shape index (κ3) is 6.44. The Kier molecular flexibility index (Phi) is 9.50. The number of carbonyl (C=O) groups is 2. The number of sulfonamides is 1. The number of carbonyl (C=O) groups excluding carboxylic acids is 2. The van der Waals surface area contributed by atoms with Crippen molar-refractivity contribution in [2.75, 3.05) is 24.4 Å². The second-order valence-corrected chi connectivity index (χ2v) is 10.4. The largest absolute Gasteiger partial charge is 0.357 e. The van der Waals surface area contributed by atoms with Crippen molar-refractivity contribution in [1.29, 1.82) is 0 Å². The molecular formula is C27H30ClN3O4S. The number of nitrogens with zero attached hydrogens (tertiary/aromatic N) is 2. The molecule has 0 aliphatic rings. The van der Waals surface area contributed by atoms with Gasteiger partial charge < -0.3 is 10.2 Å². The van der Waals surface area contributed by atoms with Gasteiger partial charge in [-0.2, -0.15) is 0 Å². The van der Waals surface area contributed by atoms with Crippen LogP contribution in [0.15, 0.2) is 89.8 Å². The van der Waals surface area contributed by atoms with Gasteiger partial charge in [-0.25, -0.2) is 8.42 Å². The molecule has 0 aromatic heterocycles. The molecule has 190 valence electrons. The summed E-state index contributed by atoms with van der Waals surface area (Å²) in [5.74, 6) is -0.810. The summed E-state index contributed by atoms with van der Waals surface area (Å²) in [5, 5.41) is 2.81. The van der Waals surface area contributed by atoms with E-state index in [0.29, 0.717) is 12.8 Å². The van der Waals surface area contributed by atoms with E-state index in [0.717, 1.165) is 9.87 Å². The number of hydrogen-bond donors (Lipinski definition) is 1. The number of amides is 2. The van der Waals surface area contributed by atoms with Crippen LogP contribution >= 0.6 is 11.6 Å². The molecule has 3 aromatic rings. The van der Waals surface area contributed by atoms with Crippen LogP contribution in [-0.2, 0) is 26.0 Å². The summed E-state index contributed by atoms with van der Waals surface area (Å²) < 4.78 is 28.4. The maximum absolute atomic E-state index is 13.8. The zero-order valence-electron chi connectivity index (χ0n) is 20.3. The van der Waals surface area contributed by atoms with E-state index in [2.05, 4.69) is 5.32 Å². The molecule has 0 radical (unpaired) electrons. The highest BCUT2D eigenvalue weighted by Crippen LogP contribution is 2.30. The number of benzene rings is 3. The minimum absolute atomic E-state index is 0.0342. The molecule has 0 aliphatic carbocycles. The standard InChI is InChI=1S/C27H30ClN3O4S/c1-3-24(27(33)29-2)30(19-18-21-12-6-4-7-13-21)26(32)20-31(25-17-11-10-16-23(25)28)36(34,35)22-14-8-5-9-15-22/h4-17,24H,3,18-20H2,1-2H3,(H,29,33). The molecule has 0 spiro atoms. The van der Waals surface area contributed by atoms with Crippen molar-refractivity contribution in [2.24, 2.45) is 0 Å². The molecule has 1 unspecified atom stereocenters. The Morgan fingerprint density at radius 1 is 0.917 bits per heavy atom. The quantitative estimate of drug-likeness (QED) is 0.406. The van der Waals surface area contributed by atoms with Gasteiger partial charge in [-0.1, -0.05) is 79.2 Å². The number of halogens is 1. The molecule has 0 aliphatic heterocycles. The zero-order valence-corrected chi connectivity index (χ0v) is 21.9. The minimum Gasteiger partial charge on any atom is -0.357 e. The maximum atomic E-state index is 13.8. The molecule has 2 amide bonds. The van der Waals surface area contributed by atoms with Gasteiger partial charge in [-0.15, -0.1) is 0 Å². The topological polar surface area (TPSA) is 86.8 Å². The number of hydrogen-bond acceptors (Lipinski definition) is 4. The van der Waals surface area contributed by atoms with Crippen LogP contribution in [-0.4, -0.2) is 51.3 Å². The van der Waals surface area contributed by atoms with E-state index in [1.807, 2.05) is 37.3 Å². The zero-order chi connectivity index (χ0) is 26.1. The highest BCUT2D eigenvalue weighted by atomic mass is 35.5. The Bertz CT molecular complexity index is 1270. The third-order valence-corrected chi connectivity index (χ3v) is 7.94. The predicted molar refractivity (Wildman–Crippen MR) is 142 cm³/mol. The Labute approximate surface area is 217 Å². The Hall–Kier alpha value is -3.36. The van der Waals surface area contributed by atoms with E-state index >= 15 is 0 Å². The van der Waals surface area contributed by atoms with E-state index in [1.165, 1.54) is 24.1 Å². The van der Waals surface area contributed by atoms with Crippen molar-refractivity contribution < 1.29 is 18.0 Å². The second-order valence-electron chi connectivity index (χ2n) is 8.14. The van der Waals surface area contributed by atoms with E-state index in [-0.39, 0.29) is 28.1 Å². The first-order valence-corrected chi connectivity index (χ1v) is 13.5. The van der Waals surface area contributed by atoms with Gasteiger partial charge in [-0.05, 0) is 42.7 Å². The summed E-state index contributed by atoms with van der Waals surface area (Å²) in [5.41, 5.74) is 1.19. The van der Waals surface area contributed by atoms with E-state index in [1.54, 1.807) is 42.5 Å². The predicted octanol–water partition coefficient (Wildman–Crippen LogP) is 4.13. The molecule has 1 atom stereocenters. The lowest BCUT2D eigenvalue weighted by Gasteiger charge is -2.33. The highest BCUT2D eigenvalue weighted by molar-refractivity contribution is 7.92. The smallest absolute Gasteiger partial charge is 0.264 e. The van der Waals surface area contributed by atoms with Gasteiger partial charge in [-0.3, -0.25) is 13.9 Å². The van der Waals surface area contributed by atoms with Gasteiger partial charge in [0, 0.05) is 13.6 Å². The summed E-state index contributed by atoms with van der Waals surface area (Å²) >= 11 is 6.38. The van der Waals surface area contributed by atoms with Crippen LogP contribution in [0.25, 0.3) is 0 Å². The molecule has 0 saturated heterocycles. The summed E-state index contributed by atoms with van der Waals surface area (Å²) in [6.45, 7) is 1.55. The summed E-state index contributed by atoms with van der Waals surface area (Å²) in [7, 11) is -2.62. The van der Waals surface area contributed by atoms with Gasteiger partial charge in [0.2, 0.25) is 11.8 Å². The number of rotatable bonds is 11. The molecule has 0 saturated carbocycles.